The van der Waals surface area contributed by atoms with Gasteiger partial charge < -0.3 is 10.6 Å². The van der Waals surface area contributed by atoms with Crippen molar-refractivity contribution in [3.05, 3.63) is 59.2 Å². The third-order valence-electron chi connectivity index (χ3n) is 3.38. The highest BCUT2D eigenvalue weighted by Crippen LogP contribution is 2.23. The zero-order valence-corrected chi connectivity index (χ0v) is 13.5. The molecule has 0 spiro atoms. The molecule has 2 N–H and O–H groups in total. The highest BCUT2D eigenvalue weighted by molar-refractivity contribution is 5.99. The van der Waals surface area contributed by atoms with E-state index >= 15 is 0 Å². The third-order valence-corrected chi connectivity index (χ3v) is 3.38. The molecule has 6 heteroatoms. The van der Waals surface area contributed by atoms with Gasteiger partial charge in [0.2, 0.25) is 11.8 Å². The zero-order valence-electron chi connectivity index (χ0n) is 13.5. The molecule has 0 atom stereocenters. The monoisotopic (exact) mass is 332 g/mol. The zero-order chi connectivity index (χ0) is 17.7. The first-order valence-corrected chi connectivity index (χ1v) is 7.47. The maximum atomic E-state index is 13.2. The number of halogens is 2. The molecule has 0 aliphatic rings. The van der Waals surface area contributed by atoms with E-state index in [0.717, 1.165) is 17.7 Å². The second-order valence-corrected chi connectivity index (χ2v) is 5.53. The van der Waals surface area contributed by atoms with Gasteiger partial charge >= 0.3 is 0 Å². The van der Waals surface area contributed by atoms with Gasteiger partial charge in [-0.1, -0.05) is 12.1 Å². The Bertz CT molecular complexity index is 776. The number of anilines is 2. The average Bonchev–Trinajstić information content (AvgIpc) is 2.51. The predicted octanol–water partition coefficient (Wildman–Crippen LogP) is 3.80. The number of carbonyl (C=O) groups is 2. The molecule has 0 aliphatic heterocycles. The van der Waals surface area contributed by atoms with E-state index in [1.807, 2.05) is 13.0 Å². The number of hydrogen-bond acceptors (Lipinski definition) is 2. The van der Waals surface area contributed by atoms with Gasteiger partial charge in [0.1, 0.15) is 0 Å². The Morgan fingerprint density at radius 3 is 2.38 bits per heavy atom. The Morgan fingerprint density at radius 1 is 0.958 bits per heavy atom. The van der Waals surface area contributed by atoms with Crippen molar-refractivity contribution in [3.8, 4) is 0 Å². The molecule has 0 saturated carbocycles. The Balaban J connectivity index is 2.02. The summed E-state index contributed by atoms with van der Waals surface area (Å²) in [5, 5.41) is 5.38. The summed E-state index contributed by atoms with van der Waals surface area (Å²) >= 11 is 0. The molecule has 0 unspecified atom stereocenters. The number of benzene rings is 2. The van der Waals surface area contributed by atoms with E-state index in [0.29, 0.717) is 16.9 Å². The van der Waals surface area contributed by atoms with Gasteiger partial charge in [-0.2, -0.15) is 0 Å². The van der Waals surface area contributed by atoms with Crippen molar-refractivity contribution < 1.29 is 18.4 Å². The summed E-state index contributed by atoms with van der Waals surface area (Å²) in [5.41, 5.74) is 2.48. The fourth-order valence-electron chi connectivity index (χ4n) is 2.23. The minimum absolute atomic E-state index is 0.110. The molecular weight excluding hydrogens is 314 g/mol. The van der Waals surface area contributed by atoms with Crippen LogP contribution in [0.1, 0.15) is 24.5 Å². The lowest BCUT2D eigenvalue weighted by Crippen LogP contribution is -2.15. The molecule has 0 saturated heterocycles. The van der Waals surface area contributed by atoms with Crippen molar-refractivity contribution in [2.75, 3.05) is 10.6 Å². The second-order valence-electron chi connectivity index (χ2n) is 5.53. The molecule has 0 aromatic heterocycles. The van der Waals surface area contributed by atoms with Gasteiger partial charge in [0.25, 0.3) is 0 Å². The van der Waals surface area contributed by atoms with E-state index in [1.165, 1.54) is 13.0 Å². The Kier molecular flexibility index (Phi) is 5.63. The maximum absolute atomic E-state index is 13.2. The Hall–Kier alpha value is -2.76. The summed E-state index contributed by atoms with van der Waals surface area (Å²) in [6.07, 6.45) is 0.392. The lowest BCUT2D eigenvalue weighted by Gasteiger charge is -2.12. The van der Waals surface area contributed by atoms with E-state index in [-0.39, 0.29) is 24.7 Å². The molecule has 0 fully saturated rings. The first kappa shape index (κ1) is 17.6. The minimum atomic E-state index is -0.931. The summed E-state index contributed by atoms with van der Waals surface area (Å²) < 4.78 is 26.0. The molecular formula is C18H18F2N2O2. The van der Waals surface area contributed by atoms with Crippen LogP contribution >= 0.6 is 0 Å². The summed E-state index contributed by atoms with van der Waals surface area (Å²) in [4.78, 5) is 23.3. The minimum Gasteiger partial charge on any atom is -0.325 e. The van der Waals surface area contributed by atoms with Gasteiger partial charge in [-0.15, -0.1) is 0 Å². The van der Waals surface area contributed by atoms with Crippen molar-refractivity contribution in [1.29, 1.82) is 0 Å². The van der Waals surface area contributed by atoms with Gasteiger partial charge in [-0.05, 0) is 48.7 Å². The van der Waals surface area contributed by atoms with Crippen LogP contribution in [0.3, 0.4) is 0 Å². The van der Waals surface area contributed by atoms with Crippen molar-refractivity contribution in [3.63, 3.8) is 0 Å². The number of aryl methyl sites for hydroxylation is 2. The third kappa shape index (κ3) is 4.87. The van der Waals surface area contributed by atoms with Crippen LogP contribution in [-0.2, 0) is 16.0 Å². The molecule has 0 heterocycles. The average molecular weight is 332 g/mol. The first-order chi connectivity index (χ1) is 11.3. The van der Waals surface area contributed by atoms with E-state index in [9.17, 15) is 18.4 Å². The van der Waals surface area contributed by atoms with Crippen molar-refractivity contribution in [1.82, 2.24) is 0 Å². The molecule has 126 valence electrons. The van der Waals surface area contributed by atoms with Crippen LogP contribution < -0.4 is 10.6 Å². The summed E-state index contributed by atoms with van der Waals surface area (Å²) in [6, 6.07) is 8.85. The molecule has 0 bridgehead atoms. The maximum Gasteiger partial charge on any atom is 0.224 e. The van der Waals surface area contributed by atoms with E-state index in [1.54, 1.807) is 12.1 Å². The molecule has 0 radical (unpaired) electrons. The SMILES string of the molecule is CC(=O)Nc1ccc(C)cc1NC(=O)CCc1ccc(F)c(F)c1. The van der Waals surface area contributed by atoms with Gasteiger partial charge in [-0.25, -0.2) is 8.78 Å². The standard InChI is InChI=1S/C18H18F2N2O2/c1-11-3-7-16(21-12(2)23)17(9-11)22-18(24)8-5-13-4-6-14(19)15(20)10-13/h3-4,6-7,9-10H,5,8H2,1-2H3,(H,21,23)(H,22,24). The molecule has 0 aliphatic carbocycles. The van der Waals surface area contributed by atoms with Crippen molar-refractivity contribution in [2.45, 2.75) is 26.7 Å². The number of rotatable bonds is 5. The van der Waals surface area contributed by atoms with Crippen LogP contribution in [0.2, 0.25) is 0 Å². The van der Waals surface area contributed by atoms with E-state index < -0.39 is 11.6 Å². The lowest BCUT2D eigenvalue weighted by molar-refractivity contribution is -0.116. The fourth-order valence-corrected chi connectivity index (χ4v) is 2.23. The first-order valence-electron chi connectivity index (χ1n) is 7.47. The Morgan fingerprint density at radius 2 is 1.71 bits per heavy atom. The van der Waals surface area contributed by atoms with Gasteiger partial charge in [0.15, 0.2) is 11.6 Å². The molecule has 24 heavy (non-hydrogen) atoms. The van der Waals surface area contributed by atoms with Crippen LogP contribution in [0.5, 0.6) is 0 Å². The smallest absolute Gasteiger partial charge is 0.224 e. The lowest BCUT2D eigenvalue weighted by atomic mass is 10.1. The van der Waals surface area contributed by atoms with Crippen LogP contribution in [0.15, 0.2) is 36.4 Å². The second kappa shape index (κ2) is 7.68. The van der Waals surface area contributed by atoms with Crippen LogP contribution in [0.25, 0.3) is 0 Å². The summed E-state index contributed by atoms with van der Waals surface area (Å²) in [7, 11) is 0. The van der Waals surface area contributed by atoms with Gasteiger partial charge in [-0.3, -0.25) is 9.59 Å². The number of hydrogen-bond donors (Lipinski definition) is 2. The van der Waals surface area contributed by atoms with Gasteiger partial charge in [0.05, 0.1) is 11.4 Å². The van der Waals surface area contributed by atoms with Gasteiger partial charge in [0, 0.05) is 13.3 Å². The van der Waals surface area contributed by atoms with Crippen LogP contribution in [0, 0.1) is 18.6 Å². The molecule has 2 aromatic carbocycles. The van der Waals surface area contributed by atoms with Crippen LogP contribution in [0.4, 0.5) is 20.2 Å². The topological polar surface area (TPSA) is 58.2 Å². The quantitative estimate of drug-likeness (QED) is 0.875. The highest BCUT2D eigenvalue weighted by Gasteiger charge is 2.10. The fraction of sp³-hybridized carbons (Fsp3) is 0.222. The number of nitrogens with one attached hydrogen (secondary N) is 2. The summed E-state index contributed by atoms with van der Waals surface area (Å²) in [5.74, 6) is -2.37. The largest absolute Gasteiger partial charge is 0.325 e. The molecule has 2 aromatic rings. The van der Waals surface area contributed by atoms with E-state index in [4.69, 9.17) is 0 Å². The molecule has 2 rings (SSSR count). The Labute approximate surface area is 138 Å². The predicted molar refractivity (Wildman–Crippen MR) is 88.8 cm³/mol. The number of carbonyl (C=O) groups excluding carboxylic acids is 2. The molecule has 2 amide bonds. The van der Waals surface area contributed by atoms with Crippen molar-refractivity contribution in [2.24, 2.45) is 0 Å². The number of amides is 2. The van der Waals surface area contributed by atoms with Crippen LogP contribution in [-0.4, -0.2) is 11.8 Å². The van der Waals surface area contributed by atoms with Crippen molar-refractivity contribution >= 4 is 23.2 Å². The summed E-state index contributed by atoms with van der Waals surface area (Å²) in [6.45, 7) is 3.25. The molecule has 4 nitrogen and oxygen atoms in total. The normalized spacial score (nSPS) is 10.3. The highest BCUT2D eigenvalue weighted by atomic mass is 19.2. The van der Waals surface area contributed by atoms with E-state index in [2.05, 4.69) is 10.6 Å².